The Morgan fingerprint density at radius 3 is 2.39 bits per heavy atom. The zero-order valence-corrected chi connectivity index (χ0v) is 48.8. The standard InChI is InChI=1S/C55H92N6O13S2/c1-13-44-55(9,68)49(65)36(5)59(10)30-33(2)28-53(7,67)51(35(4)43(27-46(63)73-44)72-47-29-54(8,69-12)50(66)37(6)71-47)74-52-48(64)42(26-34(3)70-52)60(11)31-38-18-20-39(21-19-38)41-32-61(58-57-41)24-23-56-45(62)17-15-14-16-40-22-25-75-76-40/h18-21,32-37,40,42-44,47-52,64-68H,13-17,22-31H2,1-12H3,(H,56,62)/t33-,34-,35+,36-,37-,40-,42+,43-,44-,47-,48-,49-,50-,51-,52+,53?,54+,55-/m0/s1. The third-order valence-electron chi connectivity index (χ3n) is 16.5. The number of hydrogen-bond acceptors (Lipinski definition) is 19. The molecule has 1 unspecified atom stereocenters. The molecule has 18 atom stereocenters. The topological polar surface area (TPSA) is 240 Å². The molecule has 4 fully saturated rings. The van der Waals surface area contributed by atoms with E-state index in [4.69, 9.17) is 28.4 Å². The van der Waals surface area contributed by atoms with Gasteiger partial charge >= 0.3 is 5.97 Å². The van der Waals surface area contributed by atoms with Crippen LogP contribution < -0.4 is 5.32 Å². The van der Waals surface area contributed by atoms with Gasteiger partial charge in [0.25, 0.3) is 0 Å². The van der Waals surface area contributed by atoms with Gasteiger partial charge in [-0.25, -0.2) is 0 Å². The molecule has 0 bridgehead atoms. The van der Waals surface area contributed by atoms with Gasteiger partial charge in [0.2, 0.25) is 5.91 Å². The molecule has 4 saturated heterocycles. The second-order valence-corrected chi connectivity index (χ2v) is 25.9. The number of ether oxygens (including phenoxy) is 6. The van der Waals surface area contributed by atoms with Crippen LogP contribution in [0.15, 0.2) is 30.5 Å². The SMILES string of the molecule is CC[C@@H]1OC(=O)C[C@H](O[C@H]2C[C@@](C)(OC)[C@@H](O)[C@H](C)O2)[C@@H](C)[C@H](O[C@H]2O[C@@H](C)C[C@@H](N(C)Cc3ccc(-c4cn(CCNC(=O)CCCC[C@H]5CCSS5)nn4)cc3)[C@@H]2O)C(C)(O)C[C@H](C)CN(C)[C@@H](C)[C@H](O)[C@@]1(C)O. The summed E-state index contributed by atoms with van der Waals surface area (Å²) in [6.45, 7) is 17.8. The maximum absolute atomic E-state index is 14.2. The molecule has 4 aliphatic heterocycles. The monoisotopic (exact) mass is 1110 g/mol. The van der Waals surface area contributed by atoms with Crippen LogP contribution in [0.5, 0.6) is 0 Å². The van der Waals surface area contributed by atoms with Crippen molar-refractivity contribution in [3.63, 3.8) is 0 Å². The Kier molecular flexibility index (Phi) is 22.9. The van der Waals surface area contributed by atoms with E-state index in [1.807, 2.05) is 91.8 Å². The molecular weight excluding hydrogens is 1020 g/mol. The van der Waals surface area contributed by atoms with Crippen LogP contribution >= 0.6 is 21.6 Å². The first-order valence-corrected chi connectivity index (χ1v) is 30.0. The predicted octanol–water partition coefficient (Wildman–Crippen LogP) is 5.31. The van der Waals surface area contributed by atoms with Crippen LogP contribution in [0.25, 0.3) is 11.3 Å². The number of rotatable bonds is 18. The van der Waals surface area contributed by atoms with E-state index in [9.17, 15) is 35.1 Å². The smallest absolute Gasteiger partial charge is 0.308 e. The Labute approximate surface area is 459 Å². The van der Waals surface area contributed by atoms with Crippen LogP contribution in [0.2, 0.25) is 0 Å². The maximum Gasteiger partial charge on any atom is 0.308 e. The van der Waals surface area contributed by atoms with Crippen molar-refractivity contribution in [1.82, 2.24) is 30.1 Å². The average molecular weight is 1110 g/mol. The first-order valence-electron chi connectivity index (χ1n) is 27.7. The summed E-state index contributed by atoms with van der Waals surface area (Å²) >= 11 is 0. The zero-order chi connectivity index (χ0) is 55.7. The van der Waals surface area contributed by atoms with Crippen molar-refractivity contribution < 1.29 is 63.5 Å². The average Bonchev–Trinajstić information content (AvgIpc) is 4.08. The second kappa shape index (κ2) is 27.8. The van der Waals surface area contributed by atoms with E-state index in [1.54, 1.807) is 39.3 Å². The van der Waals surface area contributed by atoms with Crippen molar-refractivity contribution in [3.05, 3.63) is 36.0 Å². The molecule has 19 nitrogen and oxygen atoms in total. The molecule has 1 amide bonds. The van der Waals surface area contributed by atoms with E-state index in [-0.39, 0.29) is 43.6 Å². The van der Waals surface area contributed by atoms with Crippen LogP contribution in [-0.2, 0) is 51.1 Å². The number of aromatic nitrogens is 3. The van der Waals surface area contributed by atoms with Crippen LogP contribution in [0.3, 0.4) is 0 Å². The molecule has 4 aliphatic rings. The number of carbonyl (C=O) groups excluding carboxylic acids is 2. The molecule has 2 aromatic rings. The molecule has 5 heterocycles. The maximum atomic E-state index is 14.2. The Bertz CT molecular complexity index is 2120. The summed E-state index contributed by atoms with van der Waals surface area (Å²) in [7, 11) is 9.22. The van der Waals surface area contributed by atoms with Gasteiger partial charge in [-0.1, -0.05) is 78.3 Å². The highest BCUT2D eigenvalue weighted by molar-refractivity contribution is 8.77. The molecule has 1 aromatic heterocycles. The van der Waals surface area contributed by atoms with Gasteiger partial charge in [0.05, 0.1) is 54.8 Å². The minimum atomic E-state index is -1.82. The Hall–Kier alpha value is -2.48. The Morgan fingerprint density at radius 2 is 1.72 bits per heavy atom. The van der Waals surface area contributed by atoms with Crippen LogP contribution in [0, 0.1) is 11.8 Å². The molecule has 21 heteroatoms. The number of cyclic esters (lactones) is 1. The number of likely N-dealkylation sites (N-methyl/N-ethyl adjacent to an activating group) is 2. The minimum Gasteiger partial charge on any atom is -0.459 e. The predicted molar refractivity (Wildman–Crippen MR) is 293 cm³/mol. The van der Waals surface area contributed by atoms with Crippen LogP contribution in [0.4, 0.5) is 0 Å². The normalized spacial score (nSPS) is 38.6. The molecule has 1 aromatic carbocycles. The van der Waals surface area contributed by atoms with Crippen molar-refractivity contribution >= 4 is 33.5 Å². The van der Waals surface area contributed by atoms with Gasteiger partial charge in [0.1, 0.15) is 35.7 Å². The van der Waals surface area contributed by atoms with Gasteiger partial charge in [-0.3, -0.25) is 19.2 Å². The lowest BCUT2D eigenvalue weighted by molar-refractivity contribution is -0.315. The summed E-state index contributed by atoms with van der Waals surface area (Å²) in [6, 6.07) is 7.04. The summed E-state index contributed by atoms with van der Waals surface area (Å²) < 4.78 is 39.8. The van der Waals surface area contributed by atoms with Gasteiger partial charge in [-0.15, -0.1) is 5.10 Å². The lowest BCUT2D eigenvalue weighted by atomic mass is 9.79. The molecule has 0 radical (unpaired) electrons. The zero-order valence-electron chi connectivity index (χ0n) is 47.2. The molecule has 76 heavy (non-hydrogen) atoms. The third kappa shape index (κ3) is 16.3. The minimum absolute atomic E-state index is 0.0625. The number of nitrogens with zero attached hydrogens (tertiary/aromatic N) is 5. The van der Waals surface area contributed by atoms with Crippen molar-refractivity contribution in [3.8, 4) is 11.3 Å². The summed E-state index contributed by atoms with van der Waals surface area (Å²) in [6.07, 6.45) is -2.47. The number of carbonyl (C=O) groups is 2. The lowest BCUT2D eigenvalue weighted by Crippen LogP contribution is -2.60. The number of benzene rings is 1. The number of aliphatic hydroxyl groups is 5. The highest BCUT2D eigenvalue weighted by Crippen LogP contribution is 2.41. The van der Waals surface area contributed by atoms with Gasteiger partial charge in [0, 0.05) is 74.2 Å². The summed E-state index contributed by atoms with van der Waals surface area (Å²) in [4.78, 5) is 30.6. The number of esters is 1. The quantitative estimate of drug-likeness (QED) is 0.0630. The molecule has 6 rings (SSSR count). The Morgan fingerprint density at radius 1 is 1.00 bits per heavy atom. The van der Waals surface area contributed by atoms with E-state index in [0.717, 1.165) is 29.2 Å². The number of hydrogen-bond donors (Lipinski definition) is 6. The number of unbranched alkanes of at least 4 members (excludes halogenated alkanes) is 1. The summed E-state index contributed by atoms with van der Waals surface area (Å²) in [5.41, 5.74) is -1.89. The van der Waals surface area contributed by atoms with E-state index in [2.05, 4.69) is 20.5 Å². The number of methoxy groups -OCH3 is 1. The van der Waals surface area contributed by atoms with Crippen molar-refractivity contribution in [2.75, 3.05) is 40.0 Å². The molecule has 432 valence electrons. The van der Waals surface area contributed by atoms with Crippen molar-refractivity contribution in [1.29, 1.82) is 0 Å². The highest BCUT2D eigenvalue weighted by atomic mass is 33.1. The fourth-order valence-corrected chi connectivity index (χ4v) is 14.7. The Balaban J connectivity index is 1.16. The van der Waals surface area contributed by atoms with Crippen molar-refractivity contribution in [2.24, 2.45) is 11.8 Å². The van der Waals surface area contributed by atoms with E-state index in [0.29, 0.717) is 44.7 Å². The largest absolute Gasteiger partial charge is 0.459 e. The molecular formula is C55H92N6O13S2. The first-order chi connectivity index (χ1) is 35.8. The third-order valence-corrected chi connectivity index (χ3v) is 19.5. The summed E-state index contributed by atoms with van der Waals surface area (Å²) in [5.74, 6) is -0.409. The molecule has 0 spiro atoms. The van der Waals surface area contributed by atoms with Gasteiger partial charge in [0.15, 0.2) is 12.6 Å². The fourth-order valence-electron chi connectivity index (χ4n) is 11.7. The molecule has 0 aliphatic carbocycles. The fraction of sp³-hybridized carbons (Fsp3) is 0.818. The van der Waals surface area contributed by atoms with Crippen molar-refractivity contribution in [2.45, 2.75) is 235 Å². The molecule has 0 saturated carbocycles. The van der Waals surface area contributed by atoms with E-state index < -0.39 is 96.1 Å². The number of aliphatic hydroxyl groups excluding tert-OH is 3. The first kappa shape index (κ1) is 62.7. The number of nitrogens with one attached hydrogen (secondary N) is 1. The van der Waals surface area contributed by atoms with E-state index in [1.165, 1.54) is 32.6 Å². The summed E-state index contributed by atoms with van der Waals surface area (Å²) in [5, 5.41) is 72.0. The highest BCUT2D eigenvalue weighted by Gasteiger charge is 2.51. The van der Waals surface area contributed by atoms with Gasteiger partial charge < -0.3 is 64.2 Å². The van der Waals surface area contributed by atoms with Crippen LogP contribution in [-0.4, -0.2) is 198 Å². The lowest BCUT2D eigenvalue weighted by Gasteiger charge is -2.48. The van der Waals surface area contributed by atoms with Gasteiger partial charge in [-0.05, 0) is 106 Å². The van der Waals surface area contributed by atoms with Crippen LogP contribution in [0.1, 0.15) is 132 Å². The second-order valence-electron chi connectivity index (χ2n) is 23.1. The number of amides is 1. The van der Waals surface area contributed by atoms with E-state index >= 15 is 0 Å². The molecule has 6 N–H and O–H groups in total. The van der Waals surface area contributed by atoms with Gasteiger partial charge in [-0.2, -0.15) is 0 Å².